The summed E-state index contributed by atoms with van der Waals surface area (Å²) in [6, 6.07) is 35.9. The minimum Gasteiger partial charge on any atom is -0.0843 e. The second kappa shape index (κ2) is 7.59. The Hall–Kier alpha value is -2.83. The second-order valence-electron chi connectivity index (χ2n) is 6.41. The third-order valence-electron chi connectivity index (χ3n) is 4.61. The van der Waals surface area contributed by atoms with Crippen LogP contribution in [0.4, 0.5) is 0 Å². The molecular weight excluding hydrogens is 336 g/mol. The number of halogens is 1. The number of hydrogen-bond donors (Lipinski definition) is 0. The van der Waals surface area contributed by atoms with Crippen molar-refractivity contribution in [3.8, 4) is 22.3 Å². The van der Waals surface area contributed by atoms with E-state index >= 15 is 0 Å². The van der Waals surface area contributed by atoms with Crippen LogP contribution in [0.15, 0.2) is 103 Å². The van der Waals surface area contributed by atoms with Crippen LogP contribution in [-0.4, -0.2) is 0 Å². The van der Waals surface area contributed by atoms with Gasteiger partial charge in [0.1, 0.15) is 0 Å². The van der Waals surface area contributed by atoms with Gasteiger partial charge in [0.25, 0.3) is 0 Å². The van der Waals surface area contributed by atoms with E-state index in [1.165, 1.54) is 33.4 Å². The average Bonchev–Trinajstić information content (AvgIpc) is 2.71. The maximum atomic E-state index is 6.30. The minimum absolute atomic E-state index is 0.768. The molecule has 0 spiro atoms. The highest BCUT2D eigenvalue weighted by Gasteiger charge is 2.08. The van der Waals surface area contributed by atoms with Crippen molar-refractivity contribution in [3.63, 3.8) is 0 Å². The van der Waals surface area contributed by atoms with Crippen molar-refractivity contribution >= 4 is 11.6 Å². The summed E-state index contributed by atoms with van der Waals surface area (Å²) in [5.41, 5.74) is 7.43. The summed E-state index contributed by atoms with van der Waals surface area (Å²) in [5.74, 6) is 0. The van der Waals surface area contributed by atoms with E-state index in [-0.39, 0.29) is 0 Å². The van der Waals surface area contributed by atoms with Crippen LogP contribution in [-0.2, 0) is 6.42 Å². The zero-order chi connectivity index (χ0) is 17.8. The van der Waals surface area contributed by atoms with E-state index in [1.807, 2.05) is 12.1 Å². The highest BCUT2D eigenvalue weighted by atomic mass is 35.5. The number of rotatable bonds is 4. The molecule has 0 aliphatic carbocycles. The highest BCUT2D eigenvalue weighted by molar-refractivity contribution is 6.30. The zero-order valence-corrected chi connectivity index (χ0v) is 15.2. The van der Waals surface area contributed by atoms with Gasteiger partial charge in [-0.1, -0.05) is 103 Å². The fourth-order valence-electron chi connectivity index (χ4n) is 3.26. The molecule has 0 heterocycles. The van der Waals surface area contributed by atoms with Gasteiger partial charge in [-0.2, -0.15) is 0 Å². The number of benzene rings is 4. The summed E-state index contributed by atoms with van der Waals surface area (Å²) < 4.78 is 0. The zero-order valence-electron chi connectivity index (χ0n) is 14.4. The molecule has 0 atom stereocenters. The van der Waals surface area contributed by atoms with Crippen LogP contribution in [0.5, 0.6) is 0 Å². The summed E-state index contributed by atoms with van der Waals surface area (Å²) in [6.07, 6.45) is 0.897. The van der Waals surface area contributed by atoms with Gasteiger partial charge >= 0.3 is 0 Å². The largest absolute Gasteiger partial charge is 0.0843 e. The summed E-state index contributed by atoms with van der Waals surface area (Å²) in [4.78, 5) is 0. The Kier molecular flexibility index (Phi) is 4.86. The van der Waals surface area contributed by atoms with Crippen LogP contribution < -0.4 is 0 Å². The van der Waals surface area contributed by atoms with Crippen molar-refractivity contribution in [3.05, 3.63) is 119 Å². The standard InChI is InChI=1S/C25H19Cl/c26-24-16-15-23(17-19-7-3-1-4-8-19)25(18-24)22-13-11-21(12-14-22)20-9-5-2-6-10-20/h1-16,18H,17H2. The van der Waals surface area contributed by atoms with E-state index in [2.05, 4.69) is 91.0 Å². The molecule has 26 heavy (non-hydrogen) atoms. The molecule has 1 heteroatoms. The van der Waals surface area contributed by atoms with Crippen molar-refractivity contribution in [1.82, 2.24) is 0 Å². The van der Waals surface area contributed by atoms with E-state index in [0.717, 1.165) is 11.4 Å². The van der Waals surface area contributed by atoms with Crippen molar-refractivity contribution in [1.29, 1.82) is 0 Å². The van der Waals surface area contributed by atoms with Crippen molar-refractivity contribution < 1.29 is 0 Å². The van der Waals surface area contributed by atoms with Crippen LogP contribution in [0.3, 0.4) is 0 Å². The van der Waals surface area contributed by atoms with E-state index in [0.29, 0.717) is 0 Å². The summed E-state index contributed by atoms with van der Waals surface area (Å²) >= 11 is 6.30. The van der Waals surface area contributed by atoms with Gasteiger partial charge in [-0.05, 0) is 51.9 Å². The Bertz CT molecular complexity index is 987. The van der Waals surface area contributed by atoms with Gasteiger partial charge in [-0.25, -0.2) is 0 Å². The molecule has 0 fully saturated rings. The lowest BCUT2D eigenvalue weighted by Crippen LogP contribution is -1.92. The van der Waals surface area contributed by atoms with Gasteiger partial charge in [0.05, 0.1) is 0 Å². The molecule has 0 saturated heterocycles. The van der Waals surface area contributed by atoms with Gasteiger partial charge < -0.3 is 0 Å². The molecule has 4 aromatic carbocycles. The molecule has 0 amide bonds. The monoisotopic (exact) mass is 354 g/mol. The van der Waals surface area contributed by atoms with Crippen molar-refractivity contribution in [2.24, 2.45) is 0 Å². The first-order valence-corrected chi connectivity index (χ1v) is 9.15. The maximum Gasteiger partial charge on any atom is 0.0412 e. The first-order valence-electron chi connectivity index (χ1n) is 8.78. The molecule has 4 rings (SSSR count). The molecular formula is C25H19Cl. The van der Waals surface area contributed by atoms with Crippen LogP contribution in [0, 0.1) is 0 Å². The lowest BCUT2D eigenvalue weighted by atomic mass is 9.93. The predicted octanol–water partition coefficient (Wildman–Crippen LogP) is 7.26. The summed E-state index contributed by atoms with van der Waals surface area (Å²) in [7, 11) is 0. The molecule has 0 unspecified atom stereocenters. The van der Waals surface area contributed by atoms with E-state index in [9.17, 15) is 0 Å². The van der Waals surface area contributed by atoms with Gasteiger partial charge in [0, 0.05) is 5.02 Å². The Morgan fingerprint density at radius 2 is 1.12 bits per heavy atom. The molecule has 0 aromatic heterocycles. The van der Waals surface area contributed by atoms with Gasteiger partial charge in [-0.15, -0.1) is 0 Å². The molecule has 0 aliphatic rings. The quantitative estimate of drug-likeness (QED) is 0.361. The van der Waals surface area contributed by atoms with Gasteiger partial charge in [0.2, 0.25) is 0 Å². The van der Waals surface area contributed by atoms with Crippen LogP contribution in [0.1, 0.15) is 11.1 Å². The molecule has 4 aromatic rings. The lowest BCUT2D eigenvalue weighted by molar-refractivity contribution is 1.19. The van der Waals surface area contributed by atoms with Gasteiger partial charge in [0.15, 0.2) is 0 Å². The molecule has 0 radical (unpaired) electrons. The third-order valence-corrected chi connectivity index (χ3v) is 4.85. The average molecular weight is 355 g/mol. The fourth-order valence-corrected chi connectivity index (χ4v) is 3.43. The van der Waals surface area contributed by atoms with Crippen LogP contribution in [0.25, 0.3) is 22.3 Å². The molecule has 126 valence electrons. The Balaban J connectivity index is 1.70. The van der Waals surface area contributed by atoms with E-state index in [4.69, 9.17) is 11.6 Å². The topological polar surface area (TPSA) is 0 Å². The first-order chi connectivity index (χ1) is 12.8. The van der Waals surface area contributed by atoms with E-state index < -0.39 is 0 Å². The predicted molar refractivity (Wildman–Crippen MR) is 112 cm³/mol. The molecule has 0 aliphatic heterocycles. The normalized spacial score (nSPS) is 10.7. The lowest BCUT2D eigenvalue weighted by Gasteiger charge is -2.12. The van der Waals surface area contributed by atoms with Crippen LogP contribution >= 0.6 is 11.6 Å². The Labute approximate surface area is 159 Å². The first kappa shape index (κ1) is 16.6. The van der Waals surface area contributed by atoms with E-state index in [1.54, 1.807) is 0 Å². The molecule has 0 N–H and O–H groups in total. The van der Waals surface area contributed by atoms with Crippen molar-refractivity contribution in [2.45, 2.75) is 6.42 Å². The molecule has 0 bridgehead atoms. The molecule has 0 nitrogen and oxygen atoms in total. The maximum absolute atomic E-state index is 6.30. The SMILES string of the molecule is Clc1ccc(Cc2ccccc2)c(-c2ccc(-c3ccccc3)cc2)c1. The second-order valence-corrected chi connectivity index (χ2v) is 6.84. The third kappa shape index (κ3) is 3.71. The Morgan fingerprint density at radius 3 is 1.81 bits per heavy atom. The summed E-state index contributed by atoms with van der Waals surface area (Å²) in [5, 5.41) is 0.768. The minimum atomic E-state index is 0.768. The van der Waals surface area contributed by atoms with Crippen LogP contribution in [0.2, 0.25) is 5.02 Å². The number of hydrogen-bond acceptors (Lipinski definition) is 0. The highest BCUT2D eigenvalue weighted by Crippen LogP contribution is 2.30. The fraction of sp³-hybridized carbons (Fsp3) is 0.0400. The smallest absolute Gasteiger partial charge is 0.0412 e. The Morgan fingerprint density at radius 1 is 0.538 bits per heavy atom. The molecule has 0 saturated carbocycles. The summed E-state index contributed by atoms with van der Waals surface area (Å²) in [6.45, 7) is 0. The van der Waals surface area contributed by atoms with Gasteiger partial charge in [-0.3, -0.25) is 0 Å². The van der Waals surface area contributed by atoms with Crippen molar-refractivity contribution in [2.75, 3.05) is 0 Å².